The van der Waals surface area contributed by atoms with Crippen LogP contribution in [0.3, 0.4) is 0 Å². The van der Waals surface area contributed by atoms with Crippen LogP contribution in [-0.4, -0.2) is 30.6 Å². The number of nitrogen functional groups attached to an aromatic ring is 1. The van der Waals surface area contributed by atoms with Gasteiger partial charge in [-0.15, -0.1) is 0 Å². The maximum atomic E-state index is 13.0. The van der Waals surface area contributed by atoms with Gasteiger partial charge in [-0.05, 0) is 18.2 Å². The van der Waals surface area contributed by atoms with Crippen molar-refractivity contribution < 1.29 is 22.4 Å². The summed E-state index contributed by atoms with van der Waals surface area (Å²) < 4.78 is 49.0. The second-order valence-electron chi connectivity index (χ2n) is 3.87. The van der Waals surface area contributed by atoms with Crippen LogP contribution in [0.1, 0.15) is 16.8 Å². The molecule has 0 unspecified atom stereocenters. The van der Waals surface area contributed by atoms with Crippen LogP contribution < -0.4 is 5.73 Å². The molecule has 0 heterocycles. The number of nitrogens with two attached hydrogens (primary N) is 1. The van der Waals surface area contributed by atoms with Crippen molar-refractivity contribution in [3.8, 4) is 0 Å². The van der Waals surface area contributed by atoms with E-state index in [1.54, 1.807) is 0 Å². The first-order valence-corrected chi connectivity index (χ1v) is 5.07. The molecule has 0 aliphatic heterocycles. The van der Waals surface area contributed by atoms with E-state index in [1.807, 2.05) is 0 Å². The van der Waals surface area contributed by atoms with Crippen molar-refractivity contribution in [1.82, 2.24) is 4.90 Å². The minimum Gasteiger partial charge on any atom is -0.399 e. The van der Waals surface area contributed by atoms with E-state index >= 15 is 0 Å². The Hall–Kier alpha value is -1.79. The van der Waals surface area contributed by atoms with Gasteiger partial charge in [-0.1, -0.05) is 0 Å². The van der Waals surface area contributed by atoms with Crippen molar-refractivity contribution in [3.63, 3.8) is 0 Å². The predicted molar refractivity (Wildman–Crippen MR) is 58.4 cm³/mol. The Labute approximate surface area is 101 Å². The fourth-order valence-electron chi connectivity index (χ4n) is 1.35. The Morgan fingerprint density at radius 2 is 1.94 bits per heavy atom. The van der Waals surface area contributed by atoms with E-state index in [0.29, 0.717) is 0 Å². The van der Waals surface area contributed by atoms with Gasteiger partial charge in [0, 0.05) is 24.8 Å². The average Bonchev–Trinajstić information content (AvgIpc) is 2.22. The fraction of sp³-hybridized carbons (Fsp3) is 0.364. The van der Waals surface area contributed by atoms with Crippen molar-refractivity contribution in [3.05, 3.63) is 29.6 Å². The first-order valence-electron chi connectivity index (χ1n) is 5.07. The lowest BCUT2D eigenvalue weighted by molar-refractivity contribution is -0.136. The number of benzene rings is 1. The average molecular weight is 264 g/mol. The molecule has 0 spiro atoms. The minimum atomic E-state index is -4.34. The van der Waals surface area contributed by atoms with Crippen LogP contribution in [0.2, 0.25) is 0 Å². The molecule has 0 atom stereocenters. The van der Waals surface area contributed by atoms with Crippen molar-refractivity contribution >= 4 is 11.6 Å². The van der Waals surface area contributed by atoms with Gasteiger partial charge in [0.1, 0.15) is 5.82 Å². The molecule has 0 aliphatic rings. The zero-order valence-corrected chi connectivity index (χ0v) is 9.59. The van der Waals surface area contributed by atoms with Gasteiger partial charge >= 0.3 is 6.18 Å². The molecule has 1 rings (SSSR count). The van der Waals surface area contributed by atoms with E-state index in [4.69, 9.17) is 5.73 Å². The largest absolute Gasteiger partial charge is 0.399 e. The highest BCUT2D eigenvalue weighted by Gasteiger charge is 2.28. The summed E-state index contributed by atoms with van der Waals surface area (Å²) in [6.45, 7) is -0.487. The molecular formula is C11H12F4N2O. The summed E-state index contributed by atoms with van der Waals surface area (Å²) in [6.07, 6.45) is -5.45. The molecule has 0 saturated heterocycles. The van der Waals surface area contributed by atoms with Gasteiger partial charge in [-0.25, -0.2) is 4.39 Å². The summed E-state index contributed by atoms with van der Waals surface area (Å²) in [5, 5.41) is 0. The number of halogens is 4. The van der Waals surface area contributed by atoms with Gasteiger partial charge in [-0.3, -0.25) is 4.79 Å². The molecule has 1 amide bonds. The molecule has 1 aromatic carbocycles. The van der Waals surface area contributed by atoms with Crippen molar-refractivity contribution in [2.75, 3.05) is 19.3 Å². The number of anilines is 1. The molecule has 0 aromatic heterocycles. The number of amides is 1. The lowest BCUT2D eigenvalue weighted by atomic mass is 10.1. The van der Waals surface area contributed by atoms with Crippen LogP contribution in [0.4, 0.5) is 23.2 Å². The van der Waals surface area contributed by atoms with Crippen LogP contribution >= 0.6 is 0 Å². The summed E-state index contributed by atoms with van der Waals surface area (Å²) in [5.41, 5.74) is 5.32. The summed E-state index contributed by atoms with van der Waals surface area (Å²) >= 11 is 0. The first-order chi connectivity index (χ1) is 8.19. The quantitative estimate of drug-likeness (QED) is 0.673. The lowest BCUT2D eigenvalue weighted by Crippen LogP contribution is -2.30. The van der Waals surface area contributed by atoms with Gasteiger partial charge in [0.15, 0.2) is 0 Å². The summed E-state index contributed by atoms with van der Waals surface area (Å²) in [4.78, 5) is 12.6. The van der Waals surface area contributed by atoms with Crippen LogP contribution in [0.5, 0.6) is 0 Å². The molecule has 0 bridgehead atoms. The number of alkyl halides is 3. The summed E-state index contributed by atoms with van der Waals surface area (Å²) in [7, 11) is 1.22. The third kappa shape index (κ3) is 4.23. The topological polar surface area (TPSA) is 46.3 Å². The standard InChI is InChI=1S/C11H12F4N2O/c1-17(3-2-11(13,14)15)10(18)7-4-8(12)6-9(16)5-7/h4-6H,2-3,16H2,1H3. The Morgan fingerprint density at radius 3 is 2.44 bits per heavy atom. The number of hydrogen-bond donors (Lipinski definition) is 1. The Bertz CT molecular complexity index is 425. The summed E-state index contributed by atoms with van der Waals surface area (Å²) in [5.74, 6) is -1.41. The Kier molecular flexibility index (Phi) is 4.15. The predicted octanol–water partition coefficient (Wildman–Crippen LogP) is 2.43. The highest BCUT2D eigenvalue weighted by atomic mass is 19.4. The van der Waals surface area contributed by atoms with Crippen LogP contribution in [0.25, 0.3) is 0 Å². The number of carbonyl (C=O) groups is 1. The van der Waals surface area contributed by atoms with Crippen molar-refractivity contribution in [2.45, 2.75) is 12.6 Å². The monoisotopic (exact) mass is 264 g/mol. The number of hydrogen-bond acceptors (Lipinski definition) is 2. The molecule has 7 heteroatoms. The van der Waals surface area contributed by atoms with E-state index in [2.05, 4.69) is 0 Å². The summed E-state index contributed by atoms with van der Waals surface area (Å²) in [6, 6.07) is 3.17. The molecule has 0 saturated carbocycles. The van der Waals surface area contributed by atoms with Gasteiger partial charge in [-0.2, -0.15) is 13.2 Å². The van der Waals surface area contributed by atoms with E-state index in [0.717, 1.165) is 17.0 Å². The highest BCUT2D eigenvalue weighted by Crippen LogP contribution is 2.20. The third-order valence-electron chi connectivity index (χ3n) is 2.24. The fourth-order valence-corrected chi connectivity index (χ4v) is 1.35. The zero-order valence-electron chi connectivity index (χ0n) is 9.59. The van der Waals surface area contributed by atoms with E-state index < -0.39 is 30.9 Å². The number of carbonyl (C=O) groups excluding carboxylic acids is 1. The van der Waals surface area contributed by atoms with Gasteiger partial charge in [0.05, 0.1) is 6.42 Å². The molecular weight excluding hydrogens is 252 g/mol. The highest BCUT2D eigenvalue weighted by molar-refractivity contribution is 5.94. The molecule has 2 N–H and O–H groups in total. The Balaban J connectivity index is 2.74. The maximum Gasteiger partial charge on any atom is 0.390 e. The lowest BCUT2D eigenvalue weighted by Gasteiger charge is -2.18. The minimum absolute atomic E-state index is 0.0440. The molecule has 0 radical (unpaired) electrons. The van der Waals surface area contributed by atoms with Gasteiger partial charge in [0.2, 0.25) is 0 Å². The number of nitrogens with zero attached hydrogens (tertiary/aromatic N) is 1. The van der Waals surface area contributed by atoms with Crippen LogP contribution in [0.15, 0.2) is 18.2 Å². The van der Waals surface area contributed by atoms with Gasteiger partial charge in [0.25, 0.3) is 5.91 Å². The Morgan fingerprint density at radius 1 is 1.33 bits per heavy atom. The number of rotatable bonds is 3. The second-order valence-corrected chi connectivity index (χ2v) is 3.87. The van der Waals surface area contributed by atoms with Crippen molar-refractivity contribution in [1.29, 1.82) is 0 Å². The molecule has 100 valence electrons. The molecule has 0 fully saturated rings. The third-order valence-corrected chi connectivity index (χ3v) is 2.24. The van der Waals surface area contributed by atoms with E-state index in [9.17, 15) is 22.4 Å². The molecule has 3 nitrogen and oxygen atoms in total. The van der Waals surface area contributed by atoms with E-state index in [-0.39, 0.29) is 11.3 Å². The smallest absolute Gasteiger partial charge is 0.390 e. The first kappa shape index (κ1) is 14.3. The second kappa shape index (κ2) is 5.24. The SMILES string of the molecule is CN(CCC(F)(F)F)C(=O)c1cc(N)cc(F)c1. The normalized spacial score (nSPS) is 11.4. The van der Waals surface area contributed by atoms with Crippen LogP contribution in [-0.2, 0) is 0 Å². The van der Waals surface area contributed by atoms with Gasteiger partial charge < -0.3 is 10.6 Å². The zero-order chi connectivity index (χ0) is 13.9. The molecule has 18 heavy (non-hydrogen) atoms. The van der Waals surface area contributed by atoms with E-state index in [1.165, 1.54) is 13.1 Å². The molecule has 1 aromatic rings. The maximum absolute atomic E-state index is 13.0. The van der Waals surface area contributed by atoms with Crippen molar-refractivity contribution in [2.24, 2.45) is 0 Å². The molecule has 0 aliphatic carbocycles. The van der Waals surface area contributed by atoms with Crippen LogP contribution in [0, 0.1) is 5.82 Å².